The summed E-state index contributed by atoms with van der Waals surface area (Å²) < 4.78 is 5.53. The summed E-state index contributed by atoms with van der Waals surface area (Å²) in [6.45, 7) is 4.61. The lowest BCUT2D eigenvalue weighted by atomic mass is 10.2. The van der Waals surface area contributed by atoms with E-state index in [0.717, 1.165) is 0 Å². The van der Waals surface area contributed by atoms with Gasteiger partial charge in [-0.3, -0.25) is 0 Å². The Kier molecular flexibility index (Phi) is 4.22. The fourth-order valence-corrected chi connectivity index (χ4v) is 1.98. The number of hydrogen-bond donors (Lipinski definition) is 1. The lowest BCUT2D eigenvalue weighted by molar-refractivity contribution is 0.459. The Morgan fingerprint density at radius 3 is 2.50 bits per heavy atom. The topological polar surface area (TPSA) is 51.0 Å². The Labute approximate surface area is 115 Å². The predicted octanol–water partition coefficient (Wildman–Crippen LogP) is 3.54. The lowest BCUT2D eigenvalue weighted by Gasteiger charge is -2.04. The summed E-state index contributed by atoms with van der Waals surface area (Å²) in [5.74, 6) is 0.848. The molecular weight excluding hydrogens is 273 g/mol. The van der Waals surface area contributed by atoms with Crippen LogP contribution in [0.15, 0.2) is 22.6 Å². The molecule has 0 saturated carbocycles. The number of benzene rings is 1. The van der Waals surface area contributed by atoms with Crippen LogP contribution in [0.4, 0.5) is 0 Å². The second-order valence-electron chi connectivity index (χ2n) is 4.13. The number of halogens is 2. The molecule has 0 aliphatic heterocycles. The second-order valence-corrected chi connectivity index (χ2v) is 4.95. The van der Waals surface area contributed by atoms with Crippen LogP contribution >= 0.6 is 23.2 Å². The van der Waals surface area contributed by atoms with Crippen molar-refractivity contribution >= 4 is 23.2 Å². The van der Waals surface area contributed by atoms with Gasteiger partial charge in [0.1, 0.15) is 0 Å². The molecule has 0 fully saturated rings. The molecule has 0 aliphatic carbocycles. The van der Waals surface area contributed by atoms with E-state index in [0.29, 0.717) is 40.0 Å². The van der Waals surface area contributed by atoms with Crippen LogP contribution in [0, 0.1) is 0 Å². The molecule has 0 spiro atoms. The first-order chi connectivity index (χ1) is 8.58. The van der Waals surface area contributed by atoms with Crippen LogP contribution in [0.25, 0.3) is 11.5 Å². The van der Waals surface area contributed by atoms with Crippen LogP contribution in [0.5, 0.6) is 0 Å². The predicted molar refractivity (Wildman–Crippen MR) is 71.7 cm³/mol. The van der Waals surface area contributed by atoms with Crippen molar-refractivity contribution in [2.24, 2.45) is 0 Å². The van der Waals surface area contributed by atoms with Crippen molar-refractivity contribution in [2.75, 3.05) is 0 Å². The SMILES string of the molecule is CC(C)NCc1nnc(-c2c(Cl)cccc2Cl)o1. The molecule has 4 nitrogen and oxygen atoms in total. The van der Waals surface area contributed by atoms with Gasteiger partial charge in [0.05, 0.1) is 22.2 Å². The van der Waals surface area contributed by atoms with E-state index in [1.54, 1.807) is 18.2 Å². The average molecular weight is 286 g/mol. The van der Waals surface area contributed by atoms with Gasteiger partial charge in [-0.2, -0.15) is 0 Å². The summed E-state index contributed by atoms with van der Waals surface area (Å²) in [5, 5.41) is 12.1. The second kappa shape index (κ2) is 5.69. The highest BCUT2D eigenvalue weighted by Crippen LogP contribution is 2.33. The number of aromatic nitrogens is 2. The van der Waals surface area contributed by atoms with Crippen molar-refractivity contribution in [3.8, 4) is 11.5 Å². The zero-order valence-electron chi connectivity index (χ0n) is 10.1. The third-order valence-corrected chi connectivity index (χ3v) is 2.93. The van der Waals surface area contributed by atoms with Crippen molar-refractivity contribution in [3.05, 3.63) is 34.1 Å². The van der Waals surface area contributed by atoms with Crippen LogP contribution in [0.1, 0.15) is 19.7 Å². The molecule has 18 heavy (non-hydrogen) atoms. The van der Waals surface area contributed by atoms with Gasteiger partial charge in [-0.25, -0.2) is 0 Å². The van der Waals surface area contributed by atoms with E-state index in [2.05, 4.69) is 15.5 Å². The highest BCUT2D eigenvalue weighted by molar-refractivity contribution is 6.38. The smallest absolute Gasteiger partial charge is 0.250 e. The molecule has 1 heterocycles. The Morgan fingerprint density at radius 2 is 1.89 bits per heavy atom. The molecule has 1 aromatic heterocycles. The minimum absolute atomic E-state index is 0.339. The Bertz CT molecular complexity index is 520. The fourth-order valence-electron chi connectivity index (χ4n) is 1.42. The number of nitrogens with zero attached hydrogens (tertiary/aromatic N) is 2. The first kappa shape index (κ1) is 13.3. The zero-order valence-corrected chi connectivity index (χ0v) is 11.6. The molecular formula is C12H13Cl2N3O. The van der Waals surface area contributed by atoms with Crippen LogP contribution < -0.4 is 5.32 Å². The molecule has 1 N–H and O–H groups in total. The summed E-state index contributed by atoms with van der Waals surface area (Å²) in [6.07, 6.45) is 0. The van der Waals surface area contributed by atoms with Crippen LogP contribution in [-0.4, -0.2) is 16.2 Å². The molecule has 0 atom stereocenters. The molecule has 96 valence electrons. The normalized spacial score (nSPS) is 11.2. The zero-order chi connectivity index (χ0) is 13.1. The molecule has 0 saturated heterocycles. The van der Waals surface area contributed by atoms with Gasteiger partial charge in [0.15, 0.2) is 0 Å². The average Bonchev–Trinajstić information content (AvgIpc) is 2.75. The number of hydrogen-bond acceptors (Lipinski definition) is 4. The van der Waals surface area contributed by atoms with Gasteiger partial charge in [0.2, 0.25) is 5.89 Å². The largest absolute Gasteiger partial charge is 0.419 e. The van der Waals surface area contributed by atoms with Crippen LogP contribution in [0.2, 0.25) is 10.0 Å². The van der Waals surface area contributed by atoms with Gasteiger partial charge >= 0.3 is 0 Å². The molecule has 0 aliphatic rings. The Hall–Kier alpha value is -1.10. The molecule has 0 amide bonds. The van der Waals surface area contributed by atoms with Crippen molar-refractivity contribution in [3.63, 3.8) is 0 Å². The maximum absolute atomic E-state index is 6.07. The van der Waals surface area contributed by atoms with Gasteiger partial charge in [-0.1, -0.05) is 43.1 Å². The van der Waals surface area contributed by atoms with Crippen molar-refractivity contribution in [1.82, 2.24) is 15.5 Å². The quantitative estimate of drug-likeness (QED) is 0.934. The molecule has 0 bridgehead atoms. The first-order valence-electron chi connectivity index (χ1n) is 5.58. The van der Waals surface area contributed by atoms with Crippen molar-refractivity contribution in [2.45, 2.75) is 26.4 Å². The van der Waals surface area contributed by atoms with E-state index in [-0.39, 0.29) is 0 Å². The Balaban J connectivity index is 2.24. The van der Waals surface area contributed by atoms with Gasteiger partial charge in [0, 0.05) is 6.04 Å². The van der Waals surface area contributed by atoms with E-state index in [4.69, 9.17) is 27.6 Å². The van der Waals surface area contributed by atoms with E-state index in [1.165, 1.54) is 0 Å². The molecule has 2 aromatic rings. The molecule has 2 rings (SSSR count). The summed E-state index contributed by atoms with van der Waals surface area (Å²) in [7, 11) is 0. The van der Waals surface area contributed by atoms with Crippen LogP contribution in [-0.2, 0) is 6.54 Å². The minimum Gasteiger partial charge on any atom is -0.419 e. The third-order valence-electron chi connectivity index (χ3n) is 2.31. The molecule has 1 aromatic carbocycles. The van der Waals surface area contributed by atoms with E-state index in [1.807, 2.05) is 13.8 Å². The van der Waals surface area contributed by atoms with E-state index in [9.17, 15) is 0 Å². The van der Waals surface area contributed by atoms with Crippen LogP contribution in [0.3, 0.4) is 0 Å². The molecule has 0 unspecified atom stereocenters. The third kappa shape index (κ3) is 3.02. The minimum atomic E-state index is 0.339. The lowest BCUT2D eigenvalue weighted by Crippen LogP contribution is -2.21. The van der Waals surface area contributed by atoms with Gasteiger partial charge in [-0.05, 0) is 12.1 Å². The van der Waals surface area contributed by atoms with Gasteiger partial charge < -0.3 is 9.73 Å². The standard InChI is InChI=1S/C12H13Cl2N3O/c1-7(2)15-6-10-16-17-12(18-10)11-8(13)4-3-5-9(11)14/h3-5,7,15H,6H2,1-2H3. The van der Waals surface area contributed by atoms with E-state index >= 15 is 0 Å². The fraction of sp³-hybridized carbons (Fsp3) is 0.333. The molecule has 6 heteroatoms. The molecule has 0 radical (unpaired) electrons. The van der Waals surface area contributed by atoms with Crippen molar-refractivity contribution in [1.29, 1.82) is 0 Å². The van der Waals surface area contributed by atoms with Crippen molar-refractivity contribution < 1.29 is 4.42 Å². The van der Waals surface area contributed by atoms with Gasteiger partial charge in [0.25, 0.3) is 5.89 Å². The highest BCUT2D eigenvalue weighted by atomic mass is 35.5. The first-order valence-corrected chi connectivity index (χ1v) is 6.33. The summed E-state index contributed by atoms with van der Waals surface area (Å²) in [4.78, 5) is 0. The highest BCUT2D eigenvalue weighted by Gasteiger charge is 2.15. The summed E-state index contributed by atoms with van der Waals surface area (Å²) in [5.41, 5.74) is 0.573. The summed E-state index contributed by atoms with van der Waals surface area (Å²) in [6, 6.07) is 5.59. The number of rotatable bonds is 4. The van der Waals surface area contributed by atoms with E-state index < -0.39 is 0 Å². The number of nitrogens with one attached hydrogen (secondary N) is 1. The monoisotopic (exact) mass is 285 g/mol. The maximum Gasteiger partial charge on any atom is 0.250 e. The maximum atomic E-state index is 6.07. The van der Waals surface area contributed by atoms with Gasteiger partial charge in [-0.15, -0.1) is 10.2 Å². The summed E-state index contributed by atoms with van der Waals surface area (Å²) >= 11 is 12.1. The Morgan fingerprint density at radius 1 is 1.22 bits per heavy atom.